The summed E-state index contributed by atoms with van der Waals surface area (Å²) in [6.07, 6.45) is 0.111. The first-order chi connectivity index (χ1) is 11.5. The Morgan fingerprint density at radius 1 is 1.12 bits per heavy atom. The maximum absolute atomic E-state index is 13.9. The Kier molecular flexibility index (Phi) is 8.75. The molecule has 0 radical (unpaired) electrons. The lowest BCUT2D eigenvalue weighted by atomic mass is 9.93. The number of ketones is 1. The minimum absolute atomic E-state index is 0. The van der Waals surface area contributed by atoms with Gasteiger partial charge in [0.15, 0.2) is 29.1 Å². The highest BCUT2D eigenvalue weighted by molar-refractivity contribution is 5.86. The van der Waals surface area contributed by atoms with E-state index in [9.17, 15) is 22.4 Å². The molecule has 0 aromatic heterocycles. The molecule has 3 rings (SSSR count). The summed E-state index contributed by atoms with van der Waals surface area (Å²) >= 11 is 0. The van der Waals surface area contributed by atoms with Crippen LogP contribution < -0.4 is 5.32 Å². The van der Waals surface area contributed by atoms with E-state index in [1.807, 2.05) is 4.90 Å². The molecule has 2 saturated heterocycles. The Balaban J connectivity index is 0.00000169. The van der Waals surface area contributed by atoms with Crippen LogP contribution in [0.1, 0.15) is 17.9 Å². The molecule has 2 atom stereocenters. The predicted molar refractivity (Wildman–Crippen MR) is 92.2 cm³/mol. The van der Waals surface area contributed by atoms with Gasteiger partial charge in [-0.1, -0.05) is 0 Å². The Labute approximate surface area is 161 Å². The van der Waals surface area contributed by atoms with Crippen LogP contribution in [0.25, 0.3) is 0 Å². The number of Topliss-reactive ketones (excluding diaryl/α,β-unsaturated/α-hetero) is 1. The number of hydrogen-bond donors (Lipinski definition) is 1. The molecule has 1 unspecified atom stereocenters. The minimum Gasteiger partial charge on any atom is -0.379 e. The van der Waals surface area contributed by atoms with Crippen molar-refractivity contribution < 1.29 is 27.1 Å². The van der Waals surface area contributed by atoms with Gasteiger partial charge >= 0.3 is 0 Å². The molecule has 0 amide bonds. The largest absolute Gasteiger partial charge is 0.379 e. The van der Waals surface area contributed by atoms with Gasteiger partial charge in [-0.05, 0) is 6.42 Å². The van der Waals surface area contributed by atoms with Crippen LogP contribution in [-0.2, 0) is 9.53 Å². The average Bonchev–Trinajstić information content (AvgIpc) is 3.04. The van der Waals surface area contributed by atoms with Crippen molar-refractivity contribution in [1.29, 1.82) is 0 Å². The number of rotatable bonds is 4. The summed E-state index contributed by atoms with van der Waals surface area (Å²) in [5.41, 5.74) is -0.623. The number of carbonyl (C=O) groups excluding carboxylic acids is 1. The summed E-state index contributed by atoms with van der Waals surface area (Å²) in [5, 5.41) is 2.90. The summed E-state index contributed by atoms with van der Waals surface area (Å²) in [5.74, 6) is -6.51. The van der Waals surface area contributed by atoms with Gasteiger partial charge in [-0.15, -0.1) is 24.8 Å². The Hall–Kier alpha value is -0.930. The van der Waals surface area contributed by atoms with E-state index in [4.69, 9.17) is 4.74 Å². The van der Waals surface area contributed by atoms with Crippen LogP contribution in [0.5, 0.6) is 0 Å². The van der Waals surface area contributed by atoms with Crippen LogP contribution in [-0.4, -0.2) is 56.1 Å². The molecule has 0 spiro atoms. The fourth-order valence-electron chi connectivity index (χ4n) is 3.24. The van der Waals surface area contributed by atoms with E-state index in [0.29, 0.717) is 26.3 Å². The molecule has 26 heavy (non-hydrogen) atoms. The third-order valence-corrected chi connectivity index (χ3v) is 4.56. The molecule has 148 valence electrons. The second kappa shape index (κ2) is 9.85. The summed E-state index contributed by atoms with van der Waals surface area (Å²) in [7, 11) is 0. The fourth-order valence-corrected chi connectivity index (χ4v) is 3.24. The van der Waals surface area contributed by atoms with E-state index >= 15 is 0 Å². The van der Waals surface area contributed by atoms with E-state index in [1.54, 1.807) is 0 Å². The van der Waals surface area contributed by atoms with Gasteiger partial charge in [0.05, 0.1) is 25.8 Å². The maximum Gasteiger partial charge on any atom is 0.165 e. The molecular formula is C16H20Cl2F4N2O2. The molecule has 4 nitrogen and oxygen atoms in total. The lowest BCUT2D eigenvalue weighted by Crippen LogP contribution is -2.44. The fraction of sp³-hybridized carbons (Fsp3) is 0.562. The highest BCUT2D eigenvalue weighted by atomic mass is 35.5. The van der Waals surface area contributed by atoms with Gasteiger partial charge in [-0.2, -0.15) is 0 Å². The first-order valence-corrected chi connectivity index (χ1v) is 7.86. The van der Waals surface area contributed by atoms with Crippen LogP contribution >= 0.6 is 24.8 Å². The van der Waals surface area contributed by atoms with Crippen molar-refractivity contribution >= 4 is 30.6 Å². The molecule has 1 aromatic rings. The second-order valence-electron chi connectivity index (χ2n) is 6.13. The van der Waals surface area contributed by atoms with E-state index in [0.717, 1.165) is 0 Å². The van der Waals surface area contributed by atoms with Crippen molar-refractivity contribution in [1.82, 2.24) is 10.2 Å². The number of nitrogens with one attached hydrogen (secondary N) is 1. The zero-order valence-electron chi connectivity index (χ0n) is 13.8. The van der Waals surface area contributed by atoms with Gasteiger partial charge in [0.25, 0.3) is 0 Å². The van der Waals surface area contributed by atoms with Crippen LogP contribution in [0, 0.1) is 23.3 Å². The number of morpholine rings is 1. The third kappa shape index (κ3) is 4.86. The molecule has 10 heteroatoms. The third-order valence-electron chi connectivity index (χ3n) is 4.56. The number of hydrogen-bond acceptors (Lipinski definition) is 4. The smallest absolute Gasteiger partial charge is 0.165 e. The maximum atomic E-state index is 13.9. The SMILES string of the molecule is Cl.Cl.O=C(CN1CCOCC1)C1C[C@H](c2c(F)c(F)cc(F)c2F)CN1. The number of nitrogens with zero attached hydrogens (tertiary/aromatic N) is 1. The molecule has 2 fully saturated rings. The highest BCUT2D eigenvalue weighted by Gasteiger charge is 2.35. The lowest BCUT2D eigenvalue weighted by molar-refractivity contribution is -0.122. The van der Waals surface area contributed by atoms with E-state index in [2.05, 4.69) is 5.32 Å². The van der Waals surface area contributed by atoms with E-state index in [-0.39, 0.29) is 56.2 Å². The molecule has 0 saturated carbocycles. The van der Waals surface area contributed by atoms with Gasteiger partial charge in [0.1, 0.15) is 0 Å². The van der Waals surface area contributed by atoms with Crippen molar-refractivity contribution in [3.63, 3.8) is 0 Å². The lowest BCUT2D eigenvalue weighted by Gasteiger charge is -2.26. The van der Waals surface area contributed by atoms with Gasteiger partial charge in [0, 0.05) is 37.2 Å². The first-order valence-electron chi connectivity index (χ1n) is 7.86. The molecule has 2 aliphatic heterocycles. The first kappa shape index (κ1) is 23.1. The summed E-state index contributed by atoms with van der Waals surface area (Å²) in [6.45, 7) is 2.74. The van der Waals surface area contributed by atoms with Crippen molar-refractivity contribution in [2.45, 2.75) is 18.4 Å². The zero-order chi connectivity index (χ0) is 17.3. The normalized spacial score (nSPS) is 23.2. The van der Waals surface area contributed by atoms with Crippen LogP contribution in [0.4, 0.5) is 17.6 Å². The van der Waals surface area contributed by atoms with E-state index < -0.39 is 40.8 Å². The van der Waals surface area contributed by atoms with Crippen molar-refractivity contribution in [3.8, 4) is 0 Å². The molecule has 1 aromatic carbocycles. The highest BCUT2D eigenvalue weighted by Crippen LogP contribution is 2.32. The van der Waals surface area contributed by atoms with E-state index in [1.165, 1.54) is 0 Å². The predicted octanol–water partition coefficient (Wildman–Crippen LogP) is 2.43. The zero-order valence-corrected chi connectivity index (χ0v) is 15.4. The minimum atomic E-state index is -1.42. The quantitative estimate of drug-likeness (QED) is 0.602. The van der Waals surface area contributed by atoms with Gasteiger partial charge < -0.3 is 10.1 Å². The van der Waals surface area contributed by atoms with Crippen LogP contribution in [0.15, 0.2) is 6.07 Å². The molecule has 1 N–H and O–H groups in total. The standard InChI is InChI=1S/C16H18F4N2O2.2ClH/c17-10-6-11(18)16(20)14(15(10)19)9-5-12(21-7-9)13(23)8-22-1-3-24-4-2-22;;/h6,9,12,21H,1-5,7-8H2;2*1H/t9-,12?;;/m0../s1. The Bertz CT molecular complexity index is 619. The van der Waals surface area contributed by atoms with Crippen molar-refractivity contribution in [2.75, 3.05) is 39.4 Å². The number of benzene rings is 1. The van der Waals surface area contributed by atoms with Gasteiger partial charge in [-0.3, -0.25) is 9.69 Å². The van der Waals surface area contributed by atoms with Gasteiger partial charge in [-0.25, -0.2) is 17.6 Å². The topological polar surface area (TPSA) is 41.6 Å². The average molecular weight is 419 g/mol. The monoisotopic (exact) mass is 418 g/mol. The number of halogens is 6. The number of ether oxygens (including phenoxy) is 1. The van der Waals surface area contributed by atoms with Crippen LogP contribution in [0.3, 0.4) is 0 Å². The van der Waals surface area contributed by atoms with Gasteiger partial charge in [0.2, 0.25) is 0 Å². The molecule has 2 aliphatic rings. The summed E-state index contributed by atoms with van der Waals surface area (Å²) in [4.78, 5) is 14.3. The van der Waals surface area contributed by atoms with Crippen molar-refractivity contribution in [3.05, 3.63) is 34.9 Å². The van der Waals surface area contributed by atoms with Crippen LogP contribution in [0.2, 0.25) is 0 Å². The molecule has 0 bridgehead atoms. The molecular weight excluding hydrogens is 399 g/mol. The molecule has 0 aliphatic carbocycles. The summed E-state index contributed by atoms with van der Waals surface area (Å²) < 4.78 is 59.7. The molecule has 2 heterocycles. The number of carbonyl (C=O) groups is 1. The Morgan fingerprint density at radius 2 is 1.69 bits per heavy atom. The second-order valence-corrected chi connectivity index (χ2v) is 6.13. The van der Waals surface area contributed by atoms with Crippen molar-refractivity contribution in [2.24, 2.45) is 0 Å². The Morgan fingerprint density at radius 3 is 2.27 bits per heavy atom. The summed E-state index contributed by atoms with van der Waals surface area (Å²) in [6, 6.07) is -0.389.